The molecule has 0 spiro atoms. The van der Waals surface area contributed by atoms with E-state index < -0.39 is 0 Å². The highest BCUT2D eigenvalue weighted by molar-refractivity contribution is 6.36. The number of nitrogens with zero attached hydrogens (tertiary/aromatic N) is 2. The molecule has 4 nitrogen and oxygen atoms in total. The summed E-state index contributed by atoms with van der Waals surface area (Å²) in [5, 5.41) is 4.74. The molecule has 2 heterocycles. The summed E-state index contributed by atoms with van der Waals surface area (Å²) in [6.07, 6.45) is 4.17. The van der Waals surface area contributed by atoms with Crippen LogP contribution in [-0.4, -0.2) is 50.1 Å². The van der Waals surface area contributed by atoms with E-state index in [-0.39, 0.29) is 0 Å². The molecule has 1 aromatic carbocycles. The third-order valence-corrected chi connectivity index (χ3v) is 5.59. The van der Waals surface area contributed by atoms with Gasteiger partial charge < -0.3 is 15.1 Å². The zero-order valence-electron chi connectivity index (χ0n) is 13.9. The summed E-state index contributed by atoms with van der Waals surface area (Å²) in [4.78, 5) is 16.7. The lowest BCUT2D eigenvalue weighted by Gasteiger charge is -2.36. The lowest BCUT2D eigenvalue weighted by molar-refractivity contribution is -0.131. The van der Waals surface area contributed by atoms with Gasteiger partial charge in [0.15, 0.2) is 0 Å². The Balaban J connectivity index is 1.46. The Morgan fingerprint density at radius 3 is 2.67 bits per heavy atom. The maximum atomic E-state index is 12.4. The van der Waals surface area contributed by atoms with Gasteiger partial charge in [-0.15, -0.1) is 0 Å². The summed E-state index contributed by atoms with van der Waals surface area (Å²) in [7, 11) is 0. The molecule has 24 heavy (non-hydrogen) atoms. The molecular formula is C18H25Cl2N3O. The maximum absolute atomic E-state index is 12.4. The Morgan fingerprint density at radius 1 is 1.21 bits per heavy atom. The number of hydrogen-bond donors (Lipinski definition) is 1. The molecule has 0 aromatic heterocycles. The van der Waals surface area contributed by atoms with Gasteiger partial charge in [-0.05, 0) is 56.5 Å². The van der Waals surface area contributed by atoms with Crippen molar-refractivity contribution in [1.29, 1.82) is 0 Å². The molecular weight excluding hydrogens is 345 g/mol. The van der Waals surface area contributed by atoms with Crippen LogP contribution in [0.3, 0.4) is 0 Å². The van der Waals surface area contributed by atoms with Gasteiger partial charge in [-0.25, -0.2) is 0 Å². The van der Waals surface area contributed by atoms with Crippen molar-refractivity contribution in [3.8, 4) is 0 Å². The van der Waals surface area contributed by atoms with Gasteiger partial charge in [-0.2, -0.15) is 0 Å². The molecule has 1 unspecified atom stereocenters. The van der Waals surface area contributed by atoms with Crippen LogP contribution < -0.4 is 10.2 Å². The third kappa shape index (κ3) is 4.56. The molecule has 2 fully saturated rings. The second-order valence-electron chi connectivity index (χ2n) is 6.71. The van der Waals surface area contributed by atoms with E-state index in [1.54, 1.807) is 6.07 Å². The molecule has 0 bridgehead atoms. The number of piperazine rings is 1. The first-order valence-electron chi connectivity index (χ1n) is 8.82. The van der Waals surface area contributed by atoms with Gasteiger partial charge >= 0.3 is 0 Å². The van der Waals surface area contributed by atoms with E-state index in [2.05, 4.69) is 10.2 Å². The van der Waals surface area contributed by atoms with Crippen molar-refractivity contribution in [2.24, 2.45) is 5.92 Å². The molecule has 2 aliphatic rings. The number of carbonyl (C=O) groups is 1. The number of amides is 1. The Bertz CT molecular complexity index is 567. The summed E-state index contributed by atoms with van der Waals surface area (Å²) >= 11 is 12.2. The summed E-state index contributed by atoms with van der Waals surface area (Å²) in [5.74, 6) is 0.958. The molecule has 1 atom stereocenters. The first-order valence-corrected chi connectivity index (χ1v) is 9.57. The molecule has 2 saturated heterocycles. The standard InChI is InChI=1S/C18H25Cl2N3O/c19-15-4-5-17(16(20)12-15)22-8-10-23(11-9-22)18(24)6-3-14-2-1-7-21-13-14/h4-5,12,14,21H,1-3,6-11,13H2. The molecule has 1 N–H and O–H groups in total. The highest BCUT2D eigenvalue weighted by atomic mass is 35.5. The zero-order valence-corrected chi connectivity index (χ0v) is 15.5. The average molecular weight is 370 g/mol. The van der Waals surface area contributed by atoms with E-state index >= 15 is 0 Å². The number of rotatable bonds is 4. The zero-order chi connectivity index (χ0) is 16.9. The third-order valence-electron chi connectivity index (χ3n) is 5.05. The van der Waals surface area contributed by atoms with E-state index in [1.165, 1.54) is 12.8 Å². The number of carbonyl (C=O) groups excluding carboxylic acids is 1. The summed E-state index contributed by atoms with van der Waals surface area (Å²) in [5.41, 5.74) is 1.00. The van der Waals surface area contributed by atoms with E-state index in [1.807, 2.05) is 17.0 Å². The molecule has 3 rings (SSSR count). The lowest BCUT2D eigenvalue weighted by atomic mass is 9.94. The quantitative estimate of drug-likeness (QED) is 0.882. The van der Waals surface area contributed by atoms with Gasteiger partial charge in [0.1, 0.15) is 0 Å². The van der Waals surface area contributed by atoms with Crippen LogP contribution in [0.2, 0.25) is 10.0 Å². The van der Waals surface area contributed by atoms with Crippen molar-refractivity contribution in [3.63, 3.8) is 0 Å². The fraction of sp³-hybridized carbons (Fsp3) is 0.611. The first-order chi connectivity index (χ1) is 11.6. The van der Waals surface area contributed by atoms with E-state index in [0.717, 1.165) is 51.4 Å². The Labute approximate surface area is 154 Å². The molecule has 1 aromatic rings. The van der Waals surface area contributed by atoms with Gasteiger partial charge in [0.05, 0.1) is 10.7 Å². The number of halogens is 2. The molecule has 6 heteroatoms. The van der Waals surface area contributed by atoms with Crippen molar-refractivity contribution in [2.75, 3.05) is 44.2 Å². The van der Waals surface area contributed by atoms with Crippen LogP contribution in [0.1, 0.15) is 25.7 Å². The number of nitrogens with one attached hydrogen (secondary N) is 1. The second-order valence-corrected chi connectivity index (χ2v) is 7.56. The van der Waals surface area contributed by atoms with Crippen molar-refractivity contribution >= 4 is 34.8 Å². The van der Waals surface area contributed by atoms with Gasteiger partial charge in [0.2, 0.25) is 5.91 Å². The second kappa shape index (κ2) is 8.41. The van der Waals surface area contributed by atoms with Crippen LogP contribution in [0.5, 0.6) is 0 Å². The van der Waals surface area contributed by atoms with Crippen LogP contribution in [0.15, 0.2) is 18.2 Å². The topological polar surface area (TPSA) is 35.6 Å². The first kappa shape index (κ1) is 17.8. The number of hydrogen-bond acceptors (Lipinski definition) is 3. The van der Waals surface area contributed by atoms with Crippen LogP contribution in [-0.2, 0) is 4.79 Å². The van der Waals surface area contributed by atoms with Crippen molar-refractivity contribution < 1.29 is 4.79 Å². The van der Waals surface area contributed by atoms with Gasteiger partial charge in [-0.1, -0.05) is 23.2 Å². The predicted octanol–water partition coefficient (Wildman–Crippen LogP) is 3.42. The minimum Gasteiger partial charge on any atom is -0.367 e. The normalized spacial score (nSPS) is 21.8. The van der Waals surface area contributed by atoms with Crippen molar-refractivity contribution in [3.05, 3.63) is 28.2 Å². The van der Waals surface area contributed by atoms with Crippen LogP contribution in [0.25, 0.3) is 0 Å². The van der Waals surface area contributed by atoms with Crippen molar-refractivity contribution in [1.82, 2.24) is 10.2 Å². The Kier molecular flexibility index (Phi) is 6.25. The van der Waals surface area contributed by atoms with Crippen molar-refractivity contribution in [2.45, 2.75) is 25.7 Å². The fourth-order valence-electron chi connectivity index (χ4n) is 3.59. The van der Waals surface area contributed by atoms with E-state index in [4.69, 9.17) is 23.2 Å². The predicted molar refractivity (Wildman–Crippen MR) is 100 cm³/mol. The highest BCUT2D eigenvalue weighted by Crippen LogP contribution is 2.29. The molecule has 1 amide bonds. The summed E-state index contributed by atoms with van der Waals surface area (Å²) in [6, 6.07) is 5.59. The average Bonchev–Trinajstić information content (AvgIpc) is 2.61. The van der Waals surface area contributed by atoms with Gasteiger partial charge in [0, 0.05) is 37.6 Å². The largest absolute Gasteiger partial charge is 0.367 e. The smallest absolute Gasteiger partial charge is 0.222 e. The number of anilines is 1. The van der Waals surface area contributed by atoms with E-state index in [9.17, 15) is 4.79 Å². The minimum absolute atomic E-state index is 0.294. The fourth-order valence-corrected chi connectivity index (χ4v) is 4.12. The van der Waals surface area contributed by atoms with Gasteiger partial charge in [0.25, 0.3) is 0 Å². The SMILES string of the molecule is O=C(CCC1CCCNC1)N1CCN(c2ccc(Cl)cc2Cl)CC1. The minimum atomic E-state index is 0.294. The number of piperidine rings is 1. The molecule has 0 radical (unpaired) electrons. The highest BCUT2D eigenvalue weighted by Gasteiger charge is 2.23. The summed E-state index contributed by atoms with van der Waals surface area (Å²) in [6.45, 7) is 5.35. The summed E-state index contributed by atoms with van der Waals surface area (Å²) < 4.78 is 0. The van der Waals surface area contributed by atoms with Gasteiger partial charge in [-0.3, -0.25) is 4.79 Å². The Hall–Kier alpha value is -0.970. The van der Waals surface area contributed by atoms with Crippen LogP contribution in [0.4, 0.5) is 5.69 Å². The Morgan fingerprint density at radius 2 is 2.00 bits per heavy atom. The lowest BCUT2D eigenvalue weighted by Crippen LogP contribution is -2.49. The monoisotopic (exact) mass is 369 g/mol. The molecule has 0 saturated carbocycles. The molecule has 0 aliphatic carbocycles. The maximum Gasteiger partial charge on any atom is 0.222 e. The number of benzene rings is 1. The van der Waals surface area contributed by atoms with Crippen LogP contribution in [0, 0.1) is 5.92 Å². The van der Waals surface area contributed by atoms with Crippen LogP contribution >= 0.6 is 23.2 Å². The van der Waals surface area contributed by atoms with E-state index in [0.29, 0.717) is 28.3 Å². The molecule has 2 aliphatic heterocycles. The molecule has 132 valence electrons.